The van der Waals surface area contributed by atoms with Crippen LogP contribution in [0.15, 0.2) is 24.4 Å². The normalized spacial score (nSPS) is 19.0. The second kappa shape index (κ2) is 5.83. The van der Waals surface area contributed by atoms with Crippen molar-refractivity contribution in [3.05, 3.63) is 52.5 Å². The molecular formula is C20H27FN+. The highest BCUT2D eigenvalue weighted by atomic mass is 19.1. The highest BCUT2D eigenvalue weighted by molar-refractivity contribution is 5.63. The molecule has 118 valence electrons. The maximum Gasteiger partial charge on any atom is 0.212 e. The quantitative estimate of drug-likeness (QED) is 0.700. The van der Waals surface area contributed by atoms with Crippen molar-refractivity contribution in [3.63, 3.8) is 0 Å². The zero-order valence-corrected chi connectivity index (χ0v) is 13.6. The molecule has 1 aromatic heterocycles. The van der Waals surface area contributed by atoms with Crippen LogP contribution in [-0.4, -0.2) is 0 Å². The molecule has 0 N–H and O–H groups in total. The standard InChI is InChI=1S/C20H27FN/c1-13-9-18(21)14(2)8-17(13)19-10-16(11-20(4,5)6)15(3)12-22(19)7/h8-10,12H,11H2,1-7H3/q+1/i2D3,3D3,11D2. The van der Waals surface area contributed by atoms with Gasteiger partial charge in [0, 0.05) is 28.2 Å². The van der Waals surface area contributed by atoms with Crippen molar-refractivity contribution in [2.75, 3.05) is 0 Å². The highest BCUT2D eigenvalue weighted by Crippen LogP contribution is 2.28. The minimum atomic E-state index is -2.66. The summed E-state index contributed by atoms with van der Waals surface area (Å²) in [5.41, 5.74) is -0.219. The fourth-order valence-corrected chi connectivity index (χ4v) is 2.37. The van der Waals surface area contributed by atoms with Crippen LogP contribution >= 0.6 is 0 Å². The lowest BCUT2D eigenvalue weighted by molar-refractivity contribution is -0.660. The number of hydrogen-bond donors (Lipinski definition) is 0. The van der Waals surface area contributed by atoms with Crippen molar-refractivity contribution in [1.82, 2.24) is 0 Å². The fourth-order valence-electron chi connectivity index (χ4n) is 2.37. The van der Waals surface area contributed by atoms with E-state index in [2.05, 4.69) is 0 Å². The molecule has 0 aliphatic rings. The van der Waals surface area contributed by atoms with Crippen LogP contribution in [0.4, 0.5) is 4.39 Å². The van der Waals surface area contributed by atoms with Crippen molar-refractivity contribution >= 4 is 0 Å². The zero-order chi connectivity index (χ0) is 23.4. The van der Waals surface area contributed by atoms with Crippen LogP contribution in [0.25, 0.3) is 11.3 Å². The number of benzene rings is 1. The van der Waals surface area contributed by atoms with E-state index in [9.17, 15) is 4.39 Å². The Balaban J connectivity index is 2.93. The van der Waals surface area contributed by atoms with Crippen LogP contribution in [0.1, 0.15) is 54.0 Å². The molecule has 1 heterocycles. The first-order valence-electron chi connectivity index (χ1n) is 11.1. The van der Waals surface area contributed by atoms with E-state index in [1.54, 1.807) is 34.7 Å². The molecule has 1 aromatic carbocycles. The molecule has 0 bridgehead atoms. The molecule has 2 aromatic rings. The van der Waals surface area contributed by atoms with Crippen LogP contribution < -0.4 is 4.57 Å². The van der Waals surface area contributed by atoms with E-state index in [1.807, 2.05) is 0 Å². The molecule has 2 heteroatoms. The van der Waals surface area contributed by atoms with Gasteiger partial charge in [0.15, 0.2) is 6.20 Å². The summed E-state index contributed by atoms with van der Waals surface area (Å²) >= 11 is 0. The van der Waals surface area contributed by atoms with Gasteiger partial charge < -0.3 is 0 Å². The lowest BCUT2D eigenvalue weighted by Crippen LogP contribution is -2.32. The Morgan fingerprint density at radius 2 is 1.82 bits per heavy atom. The van der Waals surface area contributed by atoms with E-state index >= 15 is 0 Å². The summed E-state index contributed by atoms with van der Waals surface area (Å²) in [7, 11) is 1.60. The molecule has 0 unspecified atom stereocenters. The largest absolute Gasteiger partial charge is 0.212 e. The van der Waals surface area contributed by atoms with Crippen molar-refractivity contribution < 1.29 is 19.9 Å². The van der Waals surface area contributed by atoms with Gasteiger partial charge in [-0.15, -0.1) is 0 Å². The van der Waals surface area contributed by atoms with E-state index in [-0.39, 0.29) is 11.1 Å². The Labute approximate surface area is 145 Å². The van der Waals surface area contributed by atoms with E-state index in [0.717, 1.165) is 6.07 Å². The van der Waals surface area contributed by atoms with Gasteiger partial charge in [-0.2, -0.15) is 0 Å². The van der Waals surface area contributed by atoms with E-state index < -0.39 is 36.9 Å². The molecule has 2 rings (SSSR count). The van der Waals surface area contributed by atoms with Gasteiger partial charge in [0.2, 0.25) is 5.69 Å². The molecule has 0 fully saturated rings. The van der Waals surface area contributed by atoms with Crippen LogP contribution in [0.5, 0.6) is 0 Å². The Kier molecular flexibility index (Phi) is 2.33. The first-order valence-corrected chi connectivity index (χ1v) is 7.14. The molecular weight excluding hydrogens is 273 g/mol. The van der Waals surface area contributed by atoms with Crippen molar-refractivity contribution in [2.45, 2.75) is 47.8 Å². The number of hydrogen-bond acceptors (Lipinski definition) is 0. The highest BCUT2D eigenvalue weighted by Gasteiger charge is 2.20. The van der Waals surface area contributed by atoms with Crippen molar-refractivity contribution in [2.24, 2.45) is 12.5 Å². The van der Waals surface area contributed by atoms with Crippen molar-refractivity contribution in [1.29, 1.82) is 0 Å². The third-order valence-electron chi connectivity index (χ3n) is 3.37. The summed E-state index contributed by atoms with van der Waals surface area (Å²) in [6.07, 6.45) is -0.653. The van der Waals surface area contributed by atoms with Crippen LogP contribution in [0.3, 0.4) is 0 Å². The predicted octanol–water partition coefficient (Wildman–Crippen LogP) is 4.83. The Bertz CT molecular complexity index is 969. The lowest BCUT2D eigenvalue weighted by Gasteiger charge is -2.19. The molecule has 1 nitrogen and oxygen atoms in total. The van der Waals surface area contributed by atoms with E-state index in [4.69, 9.17) is 11.0 Å². The van der Waals surface area contributed by atoms with Gasteiger partial charge in [0.25, 0.3) is 0 Å². The summed E-state index contributed by atoms with van der Waals surface area (Å²) in [5, 5.41) is 0. The summed E-state index contributed by atoms with van der Waals surface area (Å²) in [4.78, 5) is 0. The molecule has 0 spiro atoms. The topological polar surface area (TPSA) is 3.88 Å². The molecule has 0 saturated carbocycles. The second-order valence-electron chi connectivity index (χ2n) is 6.62. The summed E-state index contributed by atoms with van der Waals surface area (Å²) < 4.78 is 79.5. The third kappa shape index (κ3) is 3.55. The lowest BCUT2D eigenvalue weighted by atomic mass is 9.86. The van der Waals surface area contributed by atoms with Gasteiger partial charge in [-0.25, -0.2) is 8.96 Å². The van der Waals surface area contributed by atoms with Crippen molar-refractivity contribution in [3.8, 4) is 11.3 Å². The maximum atomic E-state index is 14.3. The Morgan fingerprint density at radius 3 is 2.41 bits per heavy atom. The average Bonchev–Trinajstić information content (AvgIpc) is 2.51. The number of rotatable bonds is 2. The molecule has 0 atom stereocenters. The average molecular weight is 308 g/mol. The number of halogens is 1. The number of pyridine rings is 1. The molecule has 0 saturated heterocycles. The smallest absolute Gasteiger partial charge is 0.207 e. The SMILES string of the molecule is [2H]C([2H])([2H])c1cc(-c2cc(C([2H])([2H])C(C)(C)C)c(C([2H])([2H])[2H])c[n+]2C)c(C)cc1F. The van der Waals surface area contributed by atoms with Crippen LogP contribution in [0.2, 0.25) is 0 Å². The minimum absolute atomic E-state index is 0.00209. The Morgan fingerprint density at radius 1 is 1.14 bits per heavy atom. The maximum absolute atomic E-state index is 14.3. The van der Waals surface area contributed by atoms with E-state index in [0.29, 0.717) is 16.8 Å². The number of nitrogens with zero attached hydrogens (tertiary/aromatic N) is 1. The first-order chi connectivity index (χ1) is 13.3. The van der Waals surface area contributed by atoms with Crippen LogP contribution in [-0.2, 0) is 13.4 Å². The molecule has 0 amide bonds. The fraction of sp³-hybridized carbons (Fsp3) is 0.450. The van der Waals surface area contributed by atoms with Gasteiger partial charge in [-0.1, -0.05) is 20.8 Å². The summed E-state index contributed by atoms with van der Waals surface area (Å²) in [6, 6.07) is 3.81. The minimum Gasteiger partial charge on any atom is -0.207 e. The molecule has 22 heavy (non-hydrogen) atoms. The van der Waals surface area contributed by atoms with Crippen LogP contribution in [0, 0.1) is 31.9 Å². The number of aromatic nitrogens is 1. The summed E-state index contributed by atoms with van der Waals surface area (Å²) in [5.74, 6) is -0.844. The van der Waals surface area contributed by atoms with Gasteiger partial charge >= 0.3 is 0 Å². The first kappa shape index (κ1) is 8.81. The van der Waals surface area contributed by atoms with E-state index in [1.165, 1.54) is 22.9 Å². The second-order valence-corrected chi connectivity index (χ2v) is 6.62. The third-order valence-corrected chi connectivity index (χ3v) is 3.37. The van der Waals surface area contributed by atoms with Gasteiger partial charge in [-0.3, -0.25) is 0 Å². The molecule has 0 aliphatic carbocycles. The van der Waals surface area contributed by atoms with Gasteiger partial charge in [-0.05, 0) is 61.2 Å². The summed E-state index contributed by atoms with van der Waals surface area (Å²) in [6.45, 7) is 1.45. The zero-order valence-electron chi connectivity index (χ0n) is 21.6. The number of aryl methyl sites for hydroxylation is 4. The molecule has 0 aliphatic heterocycles. The monoisotopic (exact) mass is 308 g/mol. The van der Waals surface area contributed by atoms with Gasteiger partial charge in [0.1, 0.15) is 12.9 Å². The van der Waals surface area contributed by atoms with Gasteiger partial charge in [0.05, 0.1) is 0 Å². The molecule has 0 radical (unpaired) electrons. The predicted molar refractivity (Wildman–Crippen MR) is 90.4 cm³/mol. The Hall–Kier alpha value is -1.70.